The van der Waals surface area contributed by atoms with Crippen LogP contribution in [-0.4, -0.2) is 4.92 Å². The molecular weight excluding hydrogens is 478 g/mol. The van der Waals surface area contributed by atoms with Gasteiger partial charge in [-0.25, -0.2) is 0 Å². The molecule has 194 valence electrons. The average molecular weight is 512 g/mol. The lowest BCUT2D eigenvalue weighted by molar-refractivity contribution is -0.384. The molecule has 0 bridgehead atoms. The zero-order valence-corrected chi connectivity index (χ0v) is 22.9. The Labute approximate surface area is 231 Å². The van der Waals surface area contributed by atoms with Crippen LogP contribution in [0.5, 0.6) is 0 Å². The van der Waals surface area contributed by atoms with Gasteiger partial charge in [0.05, 0.1) is 10.5 Å². The Balaban J connectivity index is 1.55. The first-order valence-corrected chi connectivity index (χ1v) is 13.3. The summed E-state index contributed by atoms with van der Waals surface area (Å²) in [6.45, 7) is 8.84. The van der Waals surface area contributed by atoms with Crippen molar-refractivity contribution in [2.45, 2.75) is 38.5 Å². The predicted molar refractivity (Wildman–Crippen MR) is 161 cm³/mol. The molecule has 5 aromatic rings. The van der Waals surface area contributed by atoms with E-state index < -0.39 is 0 Å². The van der Waals surface area contributed by atoms with Gasteiger partial charge in [0, 0.05) is 16.9 Å². The van der Waals surface area contributed by atoms with Gasteiger partial charge in [-0.3, -0.25) is 10.1 Å². The number of benzene rings is 5. The van der Waals surface area contributed by atoms with E-state index in [-0.39, 0.29) is 21.4 Å². The fraction of sp³-hybridized carbons (Fsp3) is 0.167. The number of hydrogen-bond donors (Lipinski definition) is 0. The minimum absolute atomic E-state index is 0.108. The topological polar surface area (TPSA) is 43.1 Å². The number of hydrogen-bond acceptors (Lipinski definition) is 2. The Morgan fingerprint density at radius 3 is 1.33 bits per heavy atom. The lowest BCUT2D eigenvalue weighted by Gasteiger charge is -2.26. The molecular formula is C36H33NO2. The van der Waals surface area contributed by atoms with Gasteiger partial charge in [0.15, 0.2) is 0 Å². The van der Waals surface area contributed by atoms with Gasteiger partial charge in [-0.1, -0.05) is 149 Å². The number of nitrogens with zero attached hydrogens (tertiary/aromatic N) is 1. The molecule has 0 fully saturated rings. The summed E-state index contributed by atoms with van der Waals surface area (Å²) in [5, 5.41) is 12.1. The molecule has 5 aromatic carbocycles. The van der Waals surface area contributed by atoms with Gasteiger partial charge >= 0.3 is 0 Å². The van der Waals surface area contributed by atoms with E-state index in [1.165, 1.54) is 16.7 Å². The summed E-state index contributed by atoms with van der Waals surface area (Å²) in [6, 6.07) is 42.8. The molecule has 0 unspecified atom stereocenters. The SMILES string of the molecule is CC(C)(c1ccccc1)c1ccc(-c2cccc([N+](=O)[O-])c2-c2ccc(C(C)(C)c3ccccc3)cc2)cc1. The molecule has 0 saturated heterocycles. The molecule has 0 heterocycles. The van der Waals surface area contributed by atoms with Crippen molar-refractivity contribution >= 4 is 5.69 Å². The van der Waals surface area contributed by atoms with E-state index in [0.29, 0.717) is 5.56 Å². The Morgan fingerprint density at radius 1 is 0.487 bits per heavy atom. The second kappa shape index (κ2) is 10.3. The van der Waals surface area contributed by atoms with Crippen LogP contribution in [0.1, 0.15) is 49.9 Å². The summed E-state index contributed by atoms with van der Waals surface area (Å²) >= 11 is 0. The van der Waals surface area contributed by atoms with Crippen LogP contribution in [0.2, 0.25) is 0 Å². The highest BCUT2D eigenvalue weighted by Crippen LogP contribution is 2.41. The van der Waals surface area contributed by atoms with Crippen LogP contribution in [0.3, 0.4) is 0 Å². The Bertz CT molecular complexity index is 1580. The fourth-order valence-corrected chi connectivity index (χ4v) is 5.40. The maximum absolute atomic E-state index is 12.1. The molecule has 0 aliphatic rings. The van der Waals surface area contributed by atoms with Crippen LogP contribution in [0.25, 0.3) is 22.3 Å². The molecule has 5 rings (SSSR count). The maximum Gasteiger partial charge on any atom is 0.277 e. The molecule has 3 heteroatoms. The normalized spacial score (nSPS) is 11.8. The predicted octanol–water partition coefficient (Wildman–Crippen LogP) is 9.58. The maximum atomic E-state index is 12.1. The molecule has 0 N–H and O–H groups in total. The summed E-state index contributed by atoms with van der Waals surface area (Å²) in [5.74, 6) is 0. The molecule has 0 amide bonds. The molecule has 0 aliphatic heterocycles. The fourth-order valence-electron chi connectivity index (χ4n) is 5.40. The highest BCUT2D eigenvalue weighted by atomic mass is 16.6. The van der Waals surface area contributed by atoms with Crippen LogP contribution < -0.4 is 0 Å². The summed E-state index contributed by atoms with van der Waals surface area (Å²) in [4.78, 5) is 11.9. The second-order valence-electron chi connectivity index (χ2n) is 11.1. The number of nitro groups is 1. The summed E-state index contributed by atoms with van der Waals surface area (Å²) in [5.41, 5.74) is 7.85. The van der Waals surface area contributed by atoms with Gasteiger partial charge < -0.3 is 0 Å². The van der Waals surface area contributed by atoms with Crippen molar-refractivity contribution < 1.29 is 4.92 Å². The zero-order valence-electron chi connectivity index (χ0n) is 22.9. The highest BCUT2D eigenvalue weighted by molar-refractivity contribution is 5.89. The van der Waals surface area contributed by atoms with Crippen LogP contribution in [0, 0.1) is 10.1 Å². The summed E-state index contributed by atoms with van der Waals surface area (Å²) < 4.78 is 0. The largest absolute Gasteiger partial charge is 0.277 e. The van der Waals surface area contributed by atoms with Crippen molar-refractivity contribution in [2.24, 2.45) is 0 Å². The first-order chi connectivity index (χ1) is 18.7. The third-order valence-electron chi connectivity index (χ3n) is 8.04. The van der Waals surface area contributed by atoms with Crippen LogP contribution >= 0.6 is 0 Å². The molecule has 0 aliphatic carbocycles. The van der Waals surface area contributed by atoms with Crippen molar-refractivity contribution in [2.75, 3.05) is 0 Å². The van der Waals surface area contributed by atoms with Gasteiger partial charge in [0.2, 0.25) is 0 Å². The summed E-state index contributed by atoms with van der Waals surface area (Å²) in [7, 11) is 0. The molecule has 39 heavy (non-hydrogen) atoms. The van der Waals surface area contributed by atoms with Gasteiger partial charge in [0.25, 0.3) is 5.69 Å². The summed E-state index contributed by atoms with van der Waals surface area (Å²) in [6.07, 6.45) is 0. The van der Waals surface area contributed by atoms with E-state index in [9.17, 15) is 10.1 Å². The van der Waals surface area contributed by atoms with E-state index in [4.69, 9.17) is 0 Å². The van der Waals surface area contributed by atoms with Crippen molar-refractivity contribution in [1.82, 2.24) is 0 Å². The molecule has 0 radical (unpaired) electrons. The molecule has 3 nitrogen and oxygen atoms in total. The van der Waals surface area contributed by atoms with E-state index in [1.54, 1.807) is 12.1 Å². The van der Waals surface area contributed by atoms with Gasteiger partial charge in [-0.15, -0.1) is 0 Å². The average Bonchev–Trinajstić information content (AvgIpc) is 2.98. The van der Waals surface area contributed by atoms with Gasteiger partial charge in [-0.05, 0) is 38.9 Å². The highest BCUT2D eigenvalue weighted by Gasteiger charge is 2.26. The third-order valence-corrected chi connectivity index (χ3v) is 8.04. The van der Waals surface area contributed by atoms with Gasteiger partial charge in [-0.2, -0.15) is 0 Å². The van der Waals surface area contributed by atoms with Crippen LogP contribution in [0.4, 0.5) is 5.69 Å². The smallest absolute Gasteiger partial charge is 0.258 e. The van der Waals surface area contributed by atoms with Crippen molar-refractivity contribution in [3.63, 3.8) is 0 Å². The Kier molecular flexibility index (Phi) is 6.93. The Morgan fingerprint density at radius 2 is 0.897 bits per heavy atom. The standard InChI is InChI=1S/C36H33NO2/c1-35(2,28-12-7-5-8-13-28)30-22-18-26(19-23-30)32-16-11-17-33(37(38)39)34(32)27-20-24-31(25-21-27)36(3,4)29-14-9-6-10-15-29/h5-25H,1-4H3. The quantitative estimate of drug-likeness (QED) is 0.161. The number of rotatable bonds is 7. The zero-order chi connectivity index (χ0) is 27.6. The first kappa shape index (κ1) is 26.1. The van der Waals surface area contributed by atoms with Crippen molar-refractivity contribution in [3.8, 4) is 22.3 Å². The molecule has 0 saturated carbocycles. The van der Waals surface area contributed by atoms with Crippen molar-refractivity contribution in [3.05, 3.63) is 160 Å². The van der Waals surface area contributed by atoms with E-state index >= 15 is 0 Å². The van der Waals surface area contributed by atoms with E-state index in [0.717, 1.165) is 22.3 Å². The molecule has 0 aromatic heterocycles. The molecule has 0 spiro atoms. The van der Waals surface area contributed by atoms with Crippen molar-refractivity contribution in [1.29, 1.82) is 0 Å². The minimum atomic E-state index is -0.284. The van der Waals surface area contributed by atoms with Crippen LogP contribution in [-0.2, 0) is 10.8 Å². The van der Waals surface area contributed by atoms with E-state index in [1.807, 2.05) is 30.3 Å². The first-order valence-electron chi connectivity index (χ1n) is 13.3. The third kappa shape index (κ3) is 5.00. The lowest BCUT2D eigenvalue weighted by Crippen LogP contribution is -2.18. The monoisotopic (exact) mass is 511 g/mol. The van der Waals surface area contributed by atoms with E-state index in [2.05, 4.69) is 113 Å². The minimum Gasteiger partial charge on any atom is -0.258 e. The number of nitro benzene ring substituents is 1. The van der Waals surface area contributed by atoms with Gasteiger partial charge in [0.1, 0.15) is 0 Å². The lowest BCUT2D eigenvalue weighted by atomic mass is 9.77. The second-order valence-corrected chi connectivity index (χ2v) is 11.1. The van der Waals surface area contributed by atoms with Crippen LogP contribution in [0.15, 0.2) is 127 Å². The Hall–Kier alpha value is -4.50. The molecule has 0 atom stereocenters.